The van der Waals surface area contributed by atoms with Crippen LogP contribution in [0.2, 0.25) is 5.02 Å². The van der Waals surface area contributed by atoms with Crippen LogP contribution in [0.25, 0.3) is 0 Å². The molecule has 0 radical (unpaired) electrons. The molecule has 0 unspecified atom stereocenters. The lowest BCUT2D eigenvalue weighted by molar-refractivity contribution is 0.0696. The molecule has 0 aliphatic rings. The number of rotatable bonds is 9. The lowest BCUT2D eigenvalue weighted by atomic mass is 10.2. The van der Waals surface area contributed by atoms with Gasteiger partial charge in [0.25, 0.3) is 0 Å². The van der Waals surface area contributed by atoms with Crippen LogP contribution in [-0.4, -0.2) is 49.5 Å². The van der Waals surface area contributed by atoms with Crippen LogP contribution >= 0.6 is 11.6 Å². The SMILES string of the molecule is COCCOCCCNc1cc(C(=O)O)c(Cl)cn1. The maximum Gasteiger partial charge on any atom is 0.337 e. The number of hydrogen-bond donors (Lipinski definition) is 2. The molecule has 0 spiro atoms. The number of anilines is 1. The van der Waals surface area contributed by atoms with E-state index < -0.39 is 5.97 Å². The Kier molecular flexibility index (Phi) is 7.17. The zero-order valence-electron chi connectivity index (χ0n) is 10.7. The number of carbonyl (C=O) groups is 1. The fourth-order valence-electron chi connectivity index (χ4n) is 1.33. The Morgan fingerprint density at radius 1 is 1.47 bits per heavy atom. The fraction of sp³-hybridized carbons (Fsp3) is 0.500. The molecular formula is C12H17ClN2O4. The number of nitrogens with zero attached hydrogens (tertiary/aromatic N) is 1. The Morgan fingerprint density at radius 3 is 2.95 bits per heavy atom. The van der Waals surface area contributed by atoms with Gasteiger partial charge in [-0.25, -0.2) is 9.78 Å². The summed E-state index contributed by atoms with van der Waals surface area (Å²) in [4.78, 5) is 14.9. The van der Waals surface area contributed by atoms with Gasteiger partial charge < -0.3 is 19.9 Å². The van der Waals surface area contributed by atoms with Crippen molar-refractivity contribution >= 4 is 23.4 Å². The quantitative estimate of drug-likeness (QED) is 0.676. The predicted octanol–water partition coefficient (Wildman–Crippen LogP) is 1.90. The van der Waals surface area contributed by atoms with Crippen LogP contribution in [0.15, 0.2) is 12.3 Å². The van der Waals surface area contributed by atoms with Crippen LogP contribution in [0.5, 0.6) is 0 Å². The molecule has 0 aliphatic heterocycles. The van der Waals surface area contributed by atoms with Gasteiger partial charge in [-0.1, -0.05) is 11.6 Å². The molecule has 0 bridgehead atoms. The zero-order chi connectivity index (χ0) is 14.1. The summed E-state index contributed by atoms with van der Waals surface area (Å²) >= 11 is 5.72. The Morgan fingerprint density at radius 2 is 2.26 bits per heavy atom. The zero-order valence-corrected chi connectivity index (χ0v) is 11.4. The van der Waals surface area contributed by atoms with Gasteiger partial charge in [-0.2, -0.15) is 0 Å². The number of carboxylic acids is 1. The lowest BCUT2D eigenvalue weighted by Crippen LogP contribution is -2.10. The van der Waals surface area contributed by atoms with Crippen molar-refractivity contribution in [3.8, 4) is 0 Å². The van der Waals surface area contributed by atoms with Gasteiger partial charge in [0.2, 0.25) is 0 Å². The maximum absolute atomic E-state index is 10.9. The highest BCUT2D eigenvalue weighted by molar-refractivity contribution is 6.33. The van der Waals surface area contributed by atoms with Gasteiger partial charge in [0.1, 0.15) is 5.82 Å². The molecule has 1 rings (SSSR count). The second kappa shape index (κ2) is 8.68. The van der Waals surface area contributed by atoms with Crippen LogP contribution < -0.4 is 5.32 Å². The molecule has 0 aliphatic carbocycles. The molecule has 0 saturated heterocycles. The maximum atomic E-state index is 10.9. The van der Waals surface area contributed by atoms with Gasteiger partial charge in [0.15, 0.2) is 0 Å². The molecule has 0 aromatic carbocycles. The first kappa shape index (κ1) is 15.7. The molecule has 106 valence electrons. The van der Waals surface area contributed by atoms with E-state index in [1.54, 1.807) is 7.11 Å². The average molecular weight is 289 g/mol. The van der Waals surface area contributed by atoms with Gasteiger partial charge in [0, 0.05) is 26.5 Å². The summed E-state index contributed by atoms with van der Waals surface area (Å²) in [6, 6.07) is 1.41. The summed E-state index contributed by atoms with van der Waals surface area (Å²) in [5.41, 5.74) is 0.0375. The number of halogens is 1. The monoisotopic (exact) mass is 288 g/mol. The third kappa shape index (κ3) is 5.87. The highest BCUT2D eigenvalue weighted by Gasteiger charge is 2.09. The third-order valence-electron chi connectivity index (χ3n) is 2.29. The van der Waals surface area contributed by atoms with Crippen LogP contribution in [0.3, 0.4) is 0 Å². The van der Waals surface area contributed by atoms with Crippen LogP contribution in [0.4, 0.5) is 5.82 Å². The van der Waals surface area contributed by atoms with Crippen LogP contribution in [-0.2, 0) is 9.47 Å². The molecule has 1 aromatic rings. The first-order chi connectivity index (χ1) is 9.15. The summed E-state index contributed by atoms with van der Waals surface area (Å²) in [5.74, 6) is -0.586. The summed E-state index contributed by atoms with van der Waals surface area (Å²) in [6.45, 7) is 2.39. The van der Waals surface area contributed by atoms with Gasteiger partial charge in [-0.05, 0) is 12.5 Å². The van der Waals surface area contributed by atoms with E-state index in [-0.39, 0.29) is 10.6 Å². The van der Waals surface area contributed by atoms with Gasteiger partial charge >= 0.3 is 5.97 Å². The van der Waals surface area contributed by atoms with Crippen molar-refractivity contribution in [1.82, 2.24) is 4.98 Å². The molecule has 6 nitrogen and oxygen atoms in total. The number of aromatic carboxylic acids is 1. The van der Waals surface area contributed by atoms with E-state index in [1.165, 1.54) is 12.3 Å². The third-order valence-corrected chi connectivity index (χ3v) is 2.59. The number of ether oxygens (including phenoxy) is 2. The van der Waals surface area contributed by atoms with Crippen molar-refractivity contribution in [2.45, 2.75) is 6.42 Å². The van der Waals surface area contributed by atoms with E-state index in [0.29, 0.717) is 32.2 Å². The first-order valence-electron chi connectivity index (χ1n) is 5.84. The summed E-state index contributed by atoms with van der Waals surface area (Å²) in [7, 11) is 1.62. The number of aromatic nitrogens is 1. The molecule has 1 aromatic heterocycles. The van der Waals surface area contributed by atoms with E-state index in [9.17, 15) is 4.79 Å². The number of pyridine rings is 1. The Balaban J connectivity index is 2.30. The molecular weight excluding hydrogens is 272 g/mol. The van der Waals surface area contributed by atoms with Crippen molar-refractivity contribution in [3.63, 3.8) is 0 Å². The van der Waals surface area contributed by atoms with Gasteiger partial charge in [-0.3, -0.25) is 0 Å². The minimum Gasteiger partial charge on any atom is -0.478 e. The Labute approximate surface area is 116 Å². The smallest absolute Gasteiger partial charge is 0.337 e. The molecule has 1 heterocycles. The topological polar surface area (TPSA) is 80.7 Å². The fourth-order valence-corrected chi connectivity index (χ4v) is 1.52. The van der Waals surface area contributed by atoms with E-state index >= 15 is 0 Å². The van der Waals surface area contributed by atoms with E-state index in [2.05, 4.69) is 10.3 Å². The lowest BCUT2D eigenvalue weighted by Gasteiger charge is -2.07. The number of nitrogens with one attached hydrogen (secondary N) is 1. The van der Waals surface area contributed by atoms with Crippen molar-refractivity contribution in [2.75, 3.05) is 38.8 Å². The second-order valence-electron chi connectivity index (χ2n) is 3.74. The first-order valence-corrected chi connectivity index (χ1v) is 6.22. The molecule has 2 N–H and O–H groups in total. The minimum atomic E-state index is -1.07. The Bertz CT molecular complexity index is 415. The molecule has 19 heavy (non-hydrogen) atoms. The van der Waals surface area contributed by atoms with E-state index in [4.69, 9.17) is 26.2 Å². The second-order valence-corrected chi connectivity index (χ2v) is 4.15. The average Bonchev–Trinajstić information content (AvgIpc) is 2.39. The minimum absolute atomic E-state index is 0.0375. The molecule has 0 fully saturated rings. The standard InChI is InChI=1S/C12H17ClN2O4/c1-18-5-6-19-4-2-3-14-11-7-9(12(16)17)10(13)8-15-11/h7-8H,2-6H2,1H3,(H,14,15)(H,16,17). The van der Waals surface area contributed by atoms with E-state index in [1.807, 2.05) is 0 Å². The normalized spacial score (nSPS) is 10.4. The summed E-state index contributed by atoms with van der Waals surface area (Å²) in [6.07, 6.45) is 2.11. The molecule has 7 heteroatoms. The number of hydrogen-bond acceptors (Lipinski definition) is 5. The summed E-state index contributed by atoms with van der Waals surface area (Å²) in [5, 5.41) is 12.0. The van der Waals surface area contributed by atoms with Crippen molar-refractivity contribution in [3.05, 3.63) is 22.8 Å². The number of methoxy groups -OCH3 is 1. The van der Waals surface area contributed by atoms with Crippen molar-refractivity contribution < 1.29 is 19.4 Å². The van der Waals surface area contributed by atoms with Gasteiger partial charge in [0.05, 0.1) is 23.8 Å². The molecule has 0 amide bonds. The van der Waals surface area contributed by atoms with E-state index in [0.717, 1.165) is 6.42 Å². The molecule has 0 atom stereocenters. The highest BCUT2D eigenvalue weighted by atomic mass is 35.5. The largest absolute Gasteiger partial charge is 0.478 e. The highest BCUT2D eigenvalue weighted by Crippen LogP contribution is 2.17. The summed E-state index contributed by atoms with van der Waals surface area (Å²) < 4.78 is 10.1. The Hall–Kier alpha value is -1.37. The van der Waals surface area contributed by atoms with Crippen LogP contribution in [0.1, 0.15) is 16.8 Å². The predicted molar refractivity (Wildman–Crippen MR) is 72.0 cm³/mol. The van der Waals surface area contributed by atoms with Crippen LogP contribution in [0, 0.1) is 0 Å². The van der Waals surface area contributed by atoms with Crippen molar-refractivity contribution in [2.24, 2.45) is 0 Å². The van der Waals surface area contributed by atoms with Crippen molar-refractivity contribution in [1.29, 1.82) is 0 Å². The number of carboxylic acid groups (broad SMARTS) is 1. The molecule has 0 saturated carbocycles. The van der Waals surface area contributed by atoms with Gasteiger partial charge in [-0.15, -0.1) is 0 Å².